The van der Waals surface area contributed by atoms with Gasteiger partial charge in [-0.25, -0.2) is 0 Å². The van der Waals surface area contributed by atoms with Crippen LogP contribution in [0, 0.1) is 0 Å². The lowest BCUT2D eigenvalue weighted by molar-refractivity contribution is 0.536. The first kappa shape index (κ1) is 10.4. The largest absolute Gasteiger partial charge is 0.772 e. The zero-order valence-corrected chi connectivity index (χ0v) is 8.05. The molecule has 72 valence electrons. The van der Waals surface area contributed by atoms with Crippen molar-refractivity contribution in [1.29, 1.82) is 0 Å². The number of aryl methyl sites for hydroxylation is 1. The molecule has 0 spiro atoms. The Bertz CT molecular complexity index is 301. The molecule has 0 bridgehead atoms. The predicted octanol–water partition coefficient (Wildman–Crippen LogP) is 0.567. The molecule has 0 aromatic heterocycles. The van der Waals surface area contributed by atoms with E-state index in [1.54, 1.807) is 0 Å². The Morgan fingerprint density at radius 1 is 1.31 bits per heavy atom. The highest BCUT2D eigenvalue weighted by Crippen LogP contribution is 2.08. The summed E-state index contributed by atoms with van der Waals surface area (Å²) < 4.78 is 20.7. The third-order valence-corrected chi connectivity index (χ3v) is 2.41. The van der Waals surface area contributed by atoms with Gasteiger partial charge in [-0.1, -0.05) is 35.3 Å². The molecule has 0 aliphatic heterocycles. The molecule has 1 aromatic carbocycles. The van der Waals surface area contributed by atoms with Crippen molar-refractivity contribution in [2.45, 2.75) is 13.0 Å². The van der Waals surface area contributed by atoms with E-state index in [1.807, 2.05) is 24.3 Å². The summed E-state index contributed by atoms with van der Waals surface area (Å²) in [5.74, 6) is 0.164. The molecule has 1 atom stereocenters. The summed E-state index contributed by atoms with van der Waals surface area (Å²) >= 11 is -1.97. The smallest absolute Gasteiger partial charge is 0.0180 e. The van der Waals surface area contributed by atoms with Gasteiger partial charge in [-0.15, -0.1) is 0 Å². The van der Waals surface area contributed by atoms with E-state index in [0.29, 0.717) is 13.0 Å². The second-order valence-corrected chi connectivity index (χ2v) is 3.75. The molecule has 0 saturated carbocycles. The molecule has 0 saturated heterocycles. The first-order chi connectivity index (χ1) is 6.24. The van der Waals surface area contributed by atoms with Gasteiger partial charge in [0.15, 0.2) is 0 Å². The average Bonchev–Trinajstić information content (AvgIpc) is 2.15. The minimum atomic E-state index is -1.97. The summed E-state index contributed by atoms with van der Waals surface area (Å²) in [5, 5.41) is 0. The molecule has 1 aromatic rings. The highest BCUT2D eigenvalue weighted by Gasteiger charge is 1.98. The van der Waals surface area contributed by atoms with E-state index >= 15 is 0 Å². The molecule has 0 radical (unpaired) electrons. The number of nitrogens with two attached hydrogens (primary N) is 1. The first-order valence-corrected chi connectivity index (χ1v) is 5.31. The summed E-state index contributed by atoms with van der Waals surface area (Å²) in [6, 6.07) is 7.63. The molecule has 3 nitrogen and oxygen atoms in total. The highest BCUT2D eigenvalue weighted by atomic mass is 32.2. The minimum absolute atomic E-state index is 0.164. The lowest BCUT2D eigenvalue weighted by Gasteiger charge is -2.08. The van der Waals surface area contributed by atoms with E-state index < -0.39 is 11.1 Å². The van der Waals surface area contributed by atoms with Crippen LogP contribution < -0.4 is 5.73 Å². The van der Waals surface area contributed by atoms with Gasteiger partial charge in [0.05, 0.1) is 0 Å². The molecular weight excluding hydrogens is 186 g/mol. The molecule has 13 heavy (non-hydrogen) atoms. The molecule has 0 heterocycles. The Kier molecular flexibility index (Phi) is 4.08. The van der Waals surface area contributed by atoms with Gasteiger partial charge in [0.2, 0.25) is 0 Å². The number of hydrogen-bond acceptors (Lipinski definition) is 3. The van der Waals surface area contributed by atoms with Crippen molar-refractivity contribution in [3.05, 3.63) is 35.4 Å². The van der Waals surface area contributed by atoms with Crippen LogP contribution in [-0.4, -0.2) is 14.5 Å². The number of hydrogen-bond donors (Lipinski definition) is 1. The molecule has 4 heteroatoms. The number of rotatable bonds is 4. The summed E-state index contributed by atoms with van der Waals surface area (Å²) in [5.41, 5.74) is 7.55. The normalized spacial score (nSPS) is 12.8. The second kappa shape index (κ2) is 5.11. The molecule has 0 fully saturated rings. The third kappa shape index (κ3) is 3.26. The lowest BCUT2D eigenvalue weighted by atomic mass is 10.1. The molecule has 0 amide bonds. The topological polar surface area (TPSA) is 66.2 Å². The van der Waals surface area contributed by atoms with Gasteiger partial charge in [0, 0.05) is 12.3 Å². The summed E-state index contributed by atoms with van der Waals surface area (Å²) in [4.78, 5) is 0. The van der Waals surface area contributed by atoms with Crippen molar-refractivity contribution in [1.82, 2.24) is 0 Å². The molecule has 0 aliphatic carbocycles. The van der Waals surface area contributed by atoms with Crippen LogP contribution in [0.25, 0.3) is 0 Å². The minimum Gasteiger partial charge on any atom is -0.772 e. The van der Waals surface area contributed by atoms with E-state index in [2.05, 4.69) is 0 Å². The van der Waals surface area contributed by atoms with E-state index in [-0.39, 0.29) is 5.75 Å². The van der Waals surface area contributed by atoms with Crippen molar-refractivity contribution in [2.24, 2.45) is 5.73 Å². The Hall–Kier alpha value is -0.710. The van der Waals surface area contributed by atoms with Gasteiger partial charge in [-0.05, 0) is 17.5 Å². The van der Waals surface area contributed by atoms with E-state index in [0.717, 1.165) is 11.1 Å². The van der Waals surface area contributed by atoms with Crippen molar-refractivity contribution in [2.75, 3.05) is 5.75 Å². The molecular formula is C9H12NO2S-. The van der Waals surface area contributed by atoms with Crippen molar-refractivity contribution >= 4 is 11.1 Å². The molecule has 0 aliphatic rings. The van der Waals surface area contributed by atoms with Gasteiger partial charge in [-0.3, -0.25) is 4.21 Å². The van der Waals surface area contributed by atoms with Crippen molar-refractivity contribution in [3.63, 3.8) is 0 Å². The monoisotopic (exact) mass is 198 g/mol. The van der Waals surface area contributed by atoms with Gasteiger partial charge in [0.1, 0.15) is 0 Å². The van der Waals surface area contributed by atoms with E-state index in [4.69, 9.17) is 5.73 Å². The fourth-order valence-electron chi connectivity index (χ4n) is 1.19. The van der Waals surface area contributed by atoms with Crippen LogP contribution in [0.2, 0.25) is 0 Å². The SMILES string of the molecule is NCc1ccccc1CCS(=O)[O-]. The maximum Gasteiger partial charge on any atom is 0.0180 e. The quantitative estimate of drug-likeness (QED) is 0.719. The predicted molar refractivity (Wildman–Crippen MR) is 51.8 cm³/mol. The van der Waals surface area contributed by atoms with Crippen molar-refractivity contribution in [3.8, 4) is 0 Å². The maximum atomic E-state index is 10.3. The zero-order chi connectivity index (χ0) is 9.68. The summed E-state index contributed by atoms with van der Waals surface area (Å²) in [6.07, 6.45) is 0.545. The summed E-state index contributed by atoms with van der Waals surface area (Å²) in [7, 11) is 0. The average molecular weight is 198 g/mol. The fraction of sp³-hybridized carbons (Fsp3) is 0.333. The van der Waals surface area contributed by atoms with Gasteiger partial charge in [-0.2, -0.15) is 0 Å². The zero-order valence-electron chi connectivity index (χ0n) is 7.23. The standard InChI is InChI=1S/C9H13NO2S/c10-7-9-4-2-1-3-8(9)5-6-13(11)12/h1-4H,5-7,10H2,(H,11,12)/p-1. The highest BCUT2D eigenvalue weighted by molar-refractivity contribution is 7.79. The van der Waals surface area contributed by atoms with Crippen molar-refractivity contribution < 1.29 is 8.76 Å². The third-order valence-electron chi connectivity index (χ3n) is 1.88. The first-order valence-electron chi connectivity index (χ1n) is 4.06. The number of benzene rings is 1. The van der Waals surface area contributed by atoms with Crippen LogP contribution in [0.5, 0.6) is 0 Å². The molecule has 2 N–H and O–H groups in total. The Labute approximate surface area is 80.2 Å². The fourth-order valence-corrected chi connectivity index (χ4v) is 1.58. The Balaban J connectivity index is 2.69. The van der Waals surface area contributed by atoms with Crippen LogP contribution >= 0.6 is 0 Å². The van der Waals surface area contributed by atoms with Gasteiger partial charge in [0.25, 0.3) is 0 Å². The van der Waals surface area contributed by atoms with E-state index in [1.165, 1.54) is 0 Å². The van der Waals surface area contributed by atoms with Crippen LogP contribution in [0.4, 0.5) is 0 Å². The van der Waals surface area contributed by atoms with Gasteiger partial charge >= 0.3 is 0 Å². The Morgan fingerprint density at radius 3 is 2.46 bits per heavy atom. The van der Waals surface area contributed by atoms with Crippen LogP contribution in [0.1, 0.15) is 11.1 Å². The van der Waals surface area contributed by atoms with Crippen LogP contribution in [-0.2, 0) is 24.0 Å². The van der Waals surface area contributed by atoms with Crippen LogP contribution in [0.3, 0.4) is 0 Å². The Morgan fingerprint density at radius 2 is 1.92 bits per heavy atom. The van der Waals surface area contributed by atoms with E-state index in [9.17, 15) is 8.76 Å². The second-order valence-electron chi connectivity index (χ2n) is 2.73. The van der Waals surface area contributed by atoms with Crippen LogP contribution in [0.15, 0.2) is 24.3 Å². The maximum absolute atomic E-state index is 10.3. The van der Waals surface area contributed by atoms with Gasteiger partial charge < -0.3 is 10.3 Å². The summed E-state index contributed by atoms with van der Waals surface area (Å²) in [6.45, 7) is 0.460. The molecule has 1 unspecified atom stereocenters. The lowest BCUT2D eigenvalue weighted by Crippen LogP contribution is -2.05. The molecule has 1 rings (SSSR count).